The van der Waals surface area contributed by atoms with E-state index < -0.39 is 58.0 Å². The van der Waals surface area contributed by atoms with E-state index in [9.17, 15) is 24.3 Å². The summed E-state index contributed by atoms with van der Waals surface area (Å²) in [5.41, 5.74) is 5.18. The summed E-state index contributed by atoms with van der Waals surface area (Å²) >= 11 is 0. The summed E-state index contributed by atoms with van der Waals surface area (Å²) in [7, 11) is -2.68. The third-order valence-corrected chi connectivity index (χ3v) is 17.0. The third kappa shape index (κ3) is 21.2. The Labute approximate surface area is 447 Å². The molecule has 2 fully saturated rings. The third-order valence-electron chi connectivity index (χ3n) is 13.6. The molecule has 3 N–H and O–H groups in total. The minimum absolute atomic E-state index is 0.00742. The van der Waals surface area contributed by atoms with E-state index in [1.165, 1.54) is 0 Å². The van der Waals surface area contributed by atoms with E-state index in [0.717, 1.165) is 34.3 Å². The molecule has 74 heavy (non-hydrogen) atoms. The van der Waals surface area contributed by atoms with E-state index >= 15 is 0 Å². The van der Waals surface area contributed by atoms with Crippen LogP contribution < -0.4 is 10.6 Å². The van der Waals surface area contributed by atoms with Crippen LogP contribution in [0.4, 0.5) is 11.4 Å². The smallest absolute Gasteiger partial charge is 0.340 e. The number of allylic oxidation sites excluding steroid dienone is 1. The van der Waals surface area contributed by atoms with E-state index in [4.69, 9.17) is 28.4 Å². The van der Waals surface area contributed by atoms with Crippen LogP contribution in [0.2, 0.25) is 51.4 Å². The summed E-state index contributed by atoms with van der Waals surface area (Å²) < 4.78 is 35.8. The van der Waals surface area contributed by atoms with Gasteiger partial charge < -0.3 is 44.2 Å². The Bertz CT molecular complexity index is 2120. The SMILES string of the molecule is Cc1cc(C)c(C(=O)OCC[Si](C)(C)C)c(NC(=O)C[C@@H]2OC(C)(C)O[C@@H]2C(C)/C=C\[C@@H](C)C(C)C)c1.Cc1cc(C)c(C(=O)OCC[Si](C)(C)C)c(NC(=O)C[C@@H]2OC(C)(C)O[C@@H]2C(C)/C=C\[C@@H](C)[C@@H](C)O)c1. The highest BCUT2D eigenvalue weighted by Crippen LogP contribution is 2.37. The van der Waals surface area contributed by atoms with Crippen LogP contribution in [0, 0.1) is 57.3 Å². The fraction of sp³-hybridized carbons (Fsp3) is 0.661. The molecule has 0 spiro atoms. The second kappa shape index (κ2) is 27.4. The number of ether oxygens (including phenoxy) is 6. The number of carbonyl (C=O) groups excluding carboxylic acids is 4. The van der Waals surface area contributed by atoms with Crippen molar-refractivity contribution >= 4 is 51.3 Å². The highest BCUT2D eigenvalue weighted by molar-refractivity contribution is 6.76. The first-order valence-electron chi connectivity index (χ1n) is 26.9. The monoisotopic (exact) mass is 1060 g/mol. The van der Waals surface area contributed by atoms with E-state index in [1.807, 2.05) is 99.6 Å². The molecule has 2 aromatic carbocycles. The first-order chi connectivity index (χ1) is 34.0. The first kappa shape index (κ1) is 64.3. The maximum absolute atomic E-state index is 13.2. The summed E-state index contributed by atoms with van der Waals surface area (Å²) in [5, 5.41) is 15.7. The van der Waals surface area contributed by atoms with Gasteiger partial charge in [0.15, 0.2) is 11.6 Å². The Morgan fingerprint density at radius 2 is 0.932 bits per heavy atom. The van der Waals surface area contributed by atoms with Crippen molar-refractivity contribution < 1.29 is 52.7 Å². The van der Waals surface area contributed by atoms with Crippen molar-refractivity contribution in [2.24, 2.45) is 29.6 Å². The Morgan fingerprint density at radius 3 is 1.26 bits per heavy atom. The predicted molar refractivity (Wildman–Crippen MR) is 304 cm³/mol. The van der Waals surface area contributed by atoms with Gasteiger partial charge in [-0.05, 0) is 127 Å². The zero-order valence-corrected chi connectivity index (χ0v) is 51.2. The fourth-order valence-corrected chi connectivity index (χ4v) is 10.2. The number of carbonyl (C=O) groups is 4. The molecule has 0 aliphatic carbocycles. The highest BCUT2D eigenvalue weighted by atomic mass is 28.3. The van der Waals surface area contributed by atoms with Crippen LogP contribution in [0.15, 0.2) is 48.6 Å². The van der Waals surface area contributed by atoms with Crippen LogP contribution in [0.1, 0.15) is 132 Å². The summed E-state index contributed by atoms with van der Waals surface area (Å²) in [6, 6.07) is 9.25. The van der Waals surface area contributed by atoms with Gasteiger partial charge in [0.05, 0.1) is 79.1 Å². The Kier molecular flexibility index (Phi) is 23.8. The van der Waals surface area contributed by atoms with Gasteiger partial charge in [-0.3, -0.25) is 9.59 Å². The number of amides is 2. The van der Waals surface area contributed by atoms with E-state index in [1.54, 1.807) is 13.0 Å². The molecule has 2 unspecified atom stereocenters. The number of nitrogens with one attached hydrogen (secondary N) is 2. The first-order valence-corrected chi connectivity index (χ1v) is 34.3. The summed E-state index contributed by atoms with van der Waals surface area (Å²) in [4.78, 5) is 52.4. The van der Waals surface area contributed by atoms with Gasteiger partial charge in [-0.25, -0.2) is 9.59 Å². The molecule has 13 nitrogen and oxygen atoms in total. The second-order valence-electron chi connectivity index (χ2n) is 24.9. The number of esters is 2. The number of anilines is 2. The van der Waals surface area contributed by atoms with Gasteiger partial charge >= 0.3 is 11.9 Å². The van der Waals surface area contributed by atoms with E-state index in [-0.39, 0.29) is 54.6 Å². The number of aliphatic hydroxyl groups excluding tert-OH is 1. The van der Waals surface area contributed by atoms with Crippen LogP contribution >= 0.6 is 0 Å². The molecule has 4 rings (SSSR count). The molecule has 2 aliphatic heterocycles. The summed E-state index contributed by atoms with van der Waals surface area (Å²) in [6.07, 6.45) is 6.68. The maximum Gasteiger partial charge on any atom is 0.340 e. The Hall–Kier alpha value is -3.97. The fourth-order valence-electron chi connectivity index (χ4n) is 8.72. The average Bonchev–Trinajstić information content (AvgIpc) is 3.72. The molecular formula is C59H96N2O11Si2. The molecule has 2 heterocycles. The number of aliphatic hydroxyl groups is 1. The highest BCUT2D eigenvalue weighted by Gasteiger charge is 2.45. The van der Waals surface area contributed by atoms with Crippen molar-refractivity contribution in [3.63, 3.8) is 0 Å². The normalized spacial score (nSPS) is 21.7. The minimum Gasteiger partial charge on any atom is -0.462 e. The van der Waals surface area contributed by atoms with Crippen molar-refractivity contribution in [1.82, 2.24) is 0 Å². The van der Waals surface area contributed by atoms with Gasteiger partial charge in [0.25, 0.3) is 0 Å². The average molecular weight is 1070 g/mol. The van der Waals surface area contributed by atoms with Crippen molar-refractivity contribution in [1.29, 1.82) is 0 Å². The topological polar surface area (TPSA) is 168 Å². The molecule has 15 heteroatoms. The summed E-state index contributed by atoms with van der Waals surface area (Å²) in [5.74, 6) is -1.82. The van der Waals surface area contributed by atoms with Gasteiger partial charge in [-0.2, -0.15) is 0 Å². The van der Waals surface area contributed by atoms with Gasteiger partial charge in [-0.1, -0.05) is 117 Å². The predicted octanol–water partition coefficient (Wildman–Crippen LogP) is 13.0. The largest absolute Gasteiger partial charge is 0.462 e. The van der Waals surface area contributed by atoms with Gasteiger partial charge in [0.1, 0.15) is 0 Å². The lowest BCUT2D eigenvalue weighted by molar-refractivity contribution is -0.150. The van der Waals surface area contributed by atoms with Crippen molar-refractivity contribution in [2.45, 2.75) is 210 Å². The number of rotatable bonds is 22. The Balaban J connectivity index is 0.000000390. The second-order valence-corrected chi connectivity index (χ2v) is 36.1. The Morgan fingerprint density at radius 1 is 0.581 bits per heavy atom. The van der Waals surface area contributed by atoms with E-state index in [2.05, 4.69) is 89.8 Å². The summed E-state index contributed by atoms with van der Waals surface area (Å²) in [6.45, 7) is 43.7. The molecule has 0 bridgehead atoms. The van der Waals surface area contributed by atoms with Gasteiger partial charge in [0.2, 0.25) is 11.8 Å². The van der Waals surface area contributed by atoms with Gasteiger partial charge in [0, 0.05) is 28.0 Å². The molecule has 2 aliphatic rings. The van der Waals surface area contributed by atoms with Crippen molar-refractivity contribution in [3.05, 3.63) is 82.0 Å². The molecule has 2 amide bonds. The van der Waals surface area contributed by atoms with E-state index in [0.29, 0.717) is 47.6 Å². The lowest BCUT2D eigenvalue weighted by atomic mass is 9.92. The zero-order valence-electron chi connectivity index (χ0n) is 49.2. The number of hydrogen-bond acceptors (Lipinski definition) is 11. The van der Waals surface area contributed by atoms with Crippen molar-refractivity contribution in [3.8, 4) is 0 Å². The molecule has 2 aromatic rings. The molecule has 2 saturated heterocycles. The van der Waals surface area contributed by atoms with Crippen molar-refractivity contribution in [2.75, 3.05) is 23.8 Å². The van der Waals surface area contributed by atoms with Crippen LogP contribution in [-0.2, 0) is 38.0 Å². The van der Waals surface area contributed by atoms with Crippen LogP contribution in [0.5, 0.6) is 0 Å². The maximum atomic E-state index is 13.2. The lowest BCUT2D eigenvalue weighted by Crippen LogP contribution is -2.32. The van der Waals surface area contributed by atoms with Crippen LogP contribution in [0.25, 0.3) is 0 Å². The van der Waals surface area contributed by atoms with Crippen LogP contribution in [0.3, 0.4) is 0 Å². The standard InChI is InChI=1S/C30H49NO5Si.C29H47NO6Si/c1-19(2)21(4)12-13-22(5)28-25(35-30(7,8)36-28)18-26(32)31-24-17-20(3)16-23(6)27(24)29(33)34-14-15-37(9,10)11;1-18-15-21(4)26(28(33)34-13-14-37(8,9)10)23(16-18)30-25(32)17-24-27(36-29(6,7)35-24)20(3)12-11-19(2)22(5)31/h12-13,16-17,19,21-22,25,28H,14-15,18H2,1-11H3,(H,31,32);11-12,15-16,19-20,22,24,27,31H,13-14,17H2,1-10H3,(H,30,32)/b13-12-;12-11-/t21-,22?,25+,28-;19-,20?,22-,24+,27-/m11/s1. The quantitative estimate of drug-likeness (QED) is 0.0583. The lowest BCUT2D eigenvalue weighted by Gasteiger charge is -2.22. The molecular weight excluding hydrogens is 969 g/mol. The van der Waals surface area contributed by atoms with Gasteiger partial charge in [-0.15, -0.1) is 0 Å². The number of hydrogen-bond donors (Lipinski definition) is 3. The molecule has 0 radical (unpaired) electrons. The van der Waals surface area contributed by atoms with Crippen LogP contribution in [-0.4, -0.2) is 100 Å². The molecule has 416 valence electrons. The molecule has 0 aromatic heterocycles. The molecule has 0 saturated carbocycles. The number of benzene rings is 2. The number of aryl methyl sites for hydroxylation is 4. The zero-order chi connectivity index (χ0) is 56.3. The molecule has 9 atom stereocenters. The minimum atomic E-state index is -1.34.